The molecular weight excluding hydrogens is 317 g/mol. The van der Waals surface area contributed by atoms with E-state index in [-0.39, 0.29) is 11.9 Å². The summed E-state index contributed by atoms with van der Waals surface area (Å²) < 4.78 is 14.3. The van der Waals surface area contributed by atoms with Crippen LogP contribution in [0, 0.1) is 19.7 Å². The van der Waals surface area contributed by atoms with E-state index in [9.17, 15) is 4.39 Å². The maximum Gasteiger partial charge on any atom is 0.123 e. The molecule has 0 saturated carbocycles. The van der Waals surface area contributed by atoms with Crippen LogP contribution in [-0.4, -0.2) is 7.05 Å². The highest BCUT2D eigenvalue weighted by Gasteiger charge is 2.15. The molecule has 2 aromatic carbocycles. The summed E-state index contributed by atoms with van der Waals surface area (Å²) in [5.41, 5.74) is 4.68. The second-order valence-corrected chi connectivity index (χ2v) is 5.92. The lowest BCUT2D eigenvalue weighted by Crippen LogP contribution is -2.20. The summed E-state index contributed by atoms with van der Waals surface area (Å²) in [7, 11) is 1.96. The van der Waals surface area contributed by atoms with E-state index >= 15 is 0 Å². The minimum absolute atomic E-state index is 0.175. The molecule has 0 spiro atoms. The van der Waals surface area contributed by atoms with E-state index in [0.29, 0.717) is 0 Å². The molecule has 1 unspecified atom stereocenters. The van der Waals surface area contributed by atoms with Crippen molar-refractivity contribution in [2.75, 3.05) is 7.05 Å². The van der Waals surface area contributed by atoms with Crippen LogP contribution in [0.2, 0.25) is 0 Å². The Bertz CT molecular complexity index is 610. The Hall–Kier alpha value is -1.19. The standard InChI is InChI=1S/C17H19BrFN/c1-11-9-14(19)8-7-13(11)10-17(20-3)15-5-4-6-16(18)12(15)2/h4-9,17,20H,10H2,1-3H3. The molecule has 1 atom stereocenters. The molecule has 106 valence electrons. The first kappa shape index (κ1) is 15.2. The van der Waals surface area contributed by atoms with Crippen molar-refractivity contribution < 1.29 is 4.39 Å². The van der Waals surface area contributed by atoms with Gasteiger partial charge in [0.1, 0.15) is 5.82 Å². The van der Waals surface area contributed by atoms with Crippen LogP contribution in [0.25, 0.3) is 0 Å². The number of benzene rings is 2. The number of hydrogen-bond donors (Lipinski definition) is 1. The zero-order valence-corrected chi connectivity index (χ0v) is 13.6. The topological polar surface area (TPSA) is 12.0 Å². The Morgan fingerprint density at radius 3 is 2.60 bits per heavy atom. The summed E-state index contributed by atoms with van der Waals surface area (Å²) in [6.07, 6.45) is 0.847. The van der Waals surface area contributed by atoms with E-state index < -0.39 is 0 Å². The molecule has 1 N–H and O–H groups in total. The monoisotopic (exact) mass is 335 g/mol. The number of halogens is 2. The van der Waals surface area contributed by atoms with Crippen LogP contribution >= 0.6 is 15.9 Å². The molecule has 2 rings (SSSR count). The highest BCUT2D eigenvalue weighted by atomic mass is 79.9. The molecule has 1 nitrogen and oxygen atoms in total. The zero-order chi connectivity index (χ0) is 14.7. The zero-order valence-electron chi connectivity index (χ0n) is 12.0. The van der Waals surface area contributed by atoms with E-state index in [4.69, 9.17) is 0 Å². The largest absolute Gasteiger partial charge is 0.313 e. The molecule has 2 aromatic rings. The molecule has 0 heterocycles. The summed E-state index contributed by atoms with van der Waals surface area (Å²) in [5, 5.41) is 3.36. The first-order valence-corrected chi connectivity index (χ1v) is 7.49. The number of nitrogens with one attached hydrogen (secondary N) is 1. The van der Waals surface area contributed by atoms with Crippen LogP contribution in [0.5, 0.6) is 0 Å². The van der Waals surface area contributed by atoms with Gasteiger partial charge in [0.15, 0.2) is 0 Å². The van der Waals surface area contributed by atoms with Gasteiger partial charge in [0.05, 0.1) is 0 Å². The van der Waals surface area contributed by atoms with Crippen molar-refractivity contribution in [1.29, 1.82) is 0 Å². The highest BCUT2D eigenvalue weighted by molar-refractivity contribution is 9.10. The molecule has 0 aliphatic carbocycles. The predicted molar refractivity (Wildman–Crippen MR) is 85.5 cm³/mol. The van der Waals surface area contributed by atoms with Gasteiger partial charge in [-0.2, -0.15) is 0 Å². The van der Waals surface area contributed by atoms with Gasteiger partial charge in [0.25, 0.3) is 0 Å². The van der Waals surface area contributed by atoms with Crippen molar-refractivity contribution in [3.63, 3.8) is 0 Å². The summed E-state index contributed by atoms with van der Waals surface area (Å²) in [5.74, 6) is -0.175. The molecule has 3 heteroatoms. The van der Waals surface area contributed by atoms with Crippen molar-refractivity contribution in [2.24, 2.45) is 0 Å². The van der Waals surface area contributed by atoms with Gasteiger partial charge >= 0.3 is 0 Å². The molecule has 0 amide bonds. The van der Waals surface area contributed by atoms with Crippen LogP contribution in [-0.2, 0) is 6.42 Å². The summed E-state index contributed by atoms with van der Waals surface area (Å²) in [4.78, 5) is 0. The third-order valence-electron chi connectivity index (χ3n) is 3.76. The Morgan fingerprint density at radius 1 is 1.20 bits per heavy atom. The fourth-order valence-corrected chi connectivity index (χ4v) is 2.86. The van der Waals surface area contributed by atoms with Crippen molar-refractivity contribution in [3.8, 4) is 0 Å². The maximum absolute atomic E-state index is 13.2. The fraction of sp³-hybridized carbons (Fsp3) is 0.294. The average Bonchev–Trinajstić information content (AvgIpc) is 2.42. The van der Waals surface area contributed by atoms with E-state index in [1.807, 2.05) is 26.1 Å². The van der Waals surface area contributed by atoms with E-state index in [2.05, 4.69) is 40.3 Å². The third-order valence-corrected chi connectivity index (χ3v) is 4.62. The van der Waals surface area contributed by atoms with E-state index in [1.165, 1.54) is 22.8 Å². The second-order valence-electron chi connectivity index (χ2n) is 5.07. The first-order valence-electron chi connectivity index (χ1n) is 6.70. The molecule has 0 radical (unpaired) electrons. The number of aryl methyl sites for hydroxylation is 1. The highest BCUT2D eigenvalue weighted by Crippen LogP contribution is 2.27. The van der Waals surface area contributed by atoms with E-state index in [0.717, 1.165) is 16.5 Å². The Kier molecular flexibility index (Phi) is 4.95. The first-order chi connectivity index (χ1) is 9.52. The normalized spacial score (nSPS) is 12.4. The molecule has 20 heavy (non-hydrogen) atoms. The SMILES string of the molecule is CNC(Cc1ccc(F)cc1C)c1cccc(Br)c1C. The number of hydrogen-bond acceptors (Lipinski definition) is 1. The Balaban J connectivity index is 2.31. The van der Waals surface area contributed by atoms with Crippen LogP contribution < -0.4 is 5.32 Å². The molecule has 0 saturated heterocycles. The van der Waals surface area contributed by atoms with Gasteiger partial charge in [-0.1, -0.05) is 34.1 Å². The number of rotatable bonds is 4. The van der Waals surface area contributed by atoms with Gasteiger partial charge in [0, 0.05) is 10.5 Å². The molecule has 0 bridgehead atoms. The van der Waals surface area contributed by atoms with E-state index in [1.54, 1.807) is 6.07 Å². The fourth-order valence-electron chi connectivity index (χ4n) is 2.48. The van der Waals surface area contributed by atoms with Gasteiger partial charge < -0.3 is 5.32 Å². The molecule has 0 aromatic heterocycles. The smallest absolute Gasteiger partial charge is 0.123 e. The van der Waals surface area contributed by atoms with Gasteiger partial charge in [0.2, 0.25) is 0 Å². The minimum atomic E-state index is -0.175. The quantitative estimate of drug-likeness (QED) is 0.853. The van der Waals surface area contributed by atoms with Gasteiger partial charge in [-0.25, -0.2) is 4.39 Å². The van der Waals surface area contributed by atoms with Crippen LogP contribution in [0.1, 0.15) is 28.3 Å². The molecular formula is C17H19BrFN. The van der Waals surface area contributed by atoms with Gasteiger partial charge in [-0.05, 0) is 67.8 Å². The lowest BCUT2D eigenvalue weighted by Gasteiger charge is -2.20. The number of likely N-dealkylation sites (N-methyl/N-ethyl adjacent to an activating group) is 1. The van der Waals surface area contributed by atoms with Crippen molar-refractivity contribution in [1.82, 2.24) is 5.32 Å². The van der Waals surface area contributed by atoms with Crippen LogP contribution in [0.15, 0.2) is 40.9 Å². The van der Waals surface area contributed by atoms with Crippen LogP contribution in [0.4, 0.5) is 4.39 Å². The summed E-state index contributed by atoms with van der Waals surface area (Å²) >= 11 is 3.58. The third kappa shape index (κ3) is 3.28. The molecule has 0 aliphatic rings. The van der Waals surface area contributed by atoms with Gasteiger partial charge in [-0.15, -0.1) is 0 Å². The lowest BCUT2D eigenvalue weighted by atomic mass is 9.93. The second kappa shape index (κ2) is 6.51. The molecule has 0 aliphatic heterocycles. The molecule has 0 fully saturated rings. The summed E-state index contributed by atoms with van der Waals surface area (Å²) in [6.45, 7) is 4.07. The van der Waals surface area contributed by atoms with Crippen LogP contribution in [0.3, 0.4) is 0 Å². The average molecular weight is 336 g/mol. The minimum Gasteiger partial charge on any atom is -0.313 e. The Morgan fingerprint density at radius 2 is 1.95 bits per heavy atom. The van der Waals surface area contributed by atoms with Crippen molar-refractivity contribution in [2.45, 2.75) is 26.3 Å². The maximum atomic E-state index is 13.2. The summed E-state index contributed by atoms with van der Waals surface area (Å²) in [6, 6.07) is 11.5. The lowest BCUT2D eigenvalue weighted by molar-refractivity contribution is 0.583. The van der Waals surface area contributed by atoms with Crippen molar-refractivity contribution >= 4 is 15.9 Å². The van der Waals surface area contributed by atoms with Gasteiger partial charge in [-0.3, -0.25) is 0 Å². The van der Waals surface area contributed by atoms with Crippen molar-refractivity contribution in [3.05, 3.63) is 68.9 Å². The Labute approximate surface area is 128 Å². The predicted octanol–water partition coefficient (Wildman–Crippen LogP) is 4.71.